The van der Waals surface area contributed by atoms with Gasteiger partial charge >= 0.3 is 5.97 Å². The van der Waals surface area contributed by atoms with Gasteiger partial charge in [-0.25, -0.2) is 0 Å². The molecule has 1 atom stereocenters. The number of carbonyl (C=O) groups is 1. The summed E-state index contributed by atoms with van der Waals surface area (Å²) in [7, 11) is 0. The molecule has 0 aromatic heterocycles. The summed E-state index contributed by atoms with van der Waals surface area (Å²) in [4.78, 5) is 12.0. The van der Waals surface area contributed by atoms with Gasteiger partial charge in [-0.3, -0.25) is 4.79 Å². The largest absolute Gasteiger partial charge is 0.466 e. The summed E-state index contributed by atoms with van der Waals surface area (Å²) >= 11 is 0. The first-order valence-corrected chi connectivity index (χ1v) is 8.11. The van der Waals surface area contributed by atoms with Crippen LogP contribution in [0, 0.1) is 0 Å². The highest BCUT2D eigenvalue weighted by molar-refractivity contribution is 5.71. The fourth-order valence-corrected chi connectivity index (χ4v) is 2.60. The van der Waals surface area contributed by atoms with E-state index in [2.05, 4.69) is 50.4 Å². The number of ether oxygens (including phenoxy) is 1. The first kappa shape index (κ1) is 17.7. The molecule has 0 fully saturated rings. The maximum atomic E-state index is 12.0. The summed E-state index contributed by atoms with van der Waals surface area (Å²) in [5.74, 6) is -0.137. The summed E-state index contributed by atoms with van der Waals surface area (Å²) in [6.07, 6.45) is 3.30. The lowest BCUT2D eigenvalue weighted by Gasteiger charge is -2.34. The van der Waals surface area contributed by atoms with E-state index in [1.165, 1.54) is 11.1 Å². The third-order valence-corrected chi connectivity index (χ3v) is 3.98. The molecule has 1 N–H and O–H groups in total. The van der Waals surface area contributed by atoms with Gasteiger partial charge in [0.1, 0.15) is 0 Å². The normalized spacial score (nSPS) is 13.7. The summed E-state index contributed by atoms with van der Waals surface area (Å²) < 4.78 is 5.17. The number of hydrogen-bond acceptors (Lipinski definition) is 3. The molecule has 0 aliphatic heterocycles. The molecule has 0 heterocycles. The summed E-state index contributed by atoms with van der Waals surface area (Å²) in [6, 6.07) is 8.59. The van der Waals surface area contributed by atoms with Gasteiger partial charge in [-0.2, -0.15) is 0 Å². The van der Waals surface area contributed by atoms with Gasteiger partial charge in [-0.15, -0.1) is 0 Å². The Labute approximate surface area is 129 Å². The predicted molar refractivity (Wildman–Crippen MR) is 87.3 cm³/mol. The van der Waals surface area contributed by atoms with Crippen LogP contribution in [-0.2, 0) is 21.5 Å². The van der Waals surface area contributed by atoms with E-state index in [1.54, 1.807) is 0 Å². The van der Waals surface area contributed by atoms with Crippen LogP contribution in [0.15, 0.2) is 24.3 Å². The van der Waals surface area contributed by atoms with Gasteiger partial charge in [0.05, 0.1) is 18.6 Å². The zero-order valence-corrected chi connectivity index (χ0v) is 13.9. The Bertz CT molecular complexity index is 427. The van der Waals surface area contributed by atoms with Crippen LogP contribution in [0.3, 0.4) is 0 Å². The van der Waals surface area contributed by atoms with Crippen molar-refractivity contribution >= 4 is 5.97 Å². The molecule has 1 aromatic carbocycles. The second kappa shape index (κ2) is 8.83. The van der Waals surface area contributed by atoms with Crippen molar-refractivity contribution < 1.29 is 9.53 Å². The zero-order chi connectivity index (χ0) is 15.7. The molecule has 21 heavy (non-hydrogen) atoms. The molecule has 1 aromatic rings. The maximum Gasteiger partial charge on any atom is 0.308 e. The van der Waals surface area contributed by atoms with Crippen molar-refractivity contribution in [1.82, 2.24) is 5.32 Å². The Kier molecular flexibility index (Phi) is 7.44. The van der Waals surface area contributed by atoms with E-state index in [0.29, 0.717) is 13.0 Å². The van der Waals surface area contributed by atoms with Crippen molar-refractivity contribution in [3.05, 3.63) is 35.4 Å². The topological polar surface area (TPSA) is 38.3 Å². The third-order valence-electron chi connectivity index (χ3n) is 3.98. The van der Waals surface area contributed by atoms with Crippen molar-refractivity contribution in [2.24, 2.45) is 0 Å². The maximum absolute atomic E-state index is 12.0. The highest BCUT2D eigenvalue weighted by Gasteiger charge is 2.32. The van der Waals surface area contributed by atoms with Gasteiger partial charge in [0, 0.05) is 0 Å². The predicted octanol–water partition coefficient (Wildman–Crippen LogP) is 3.81. The van der Waals surface area contributed by atoms with Crippen LogP contribution in [0.1, 0.15) is 58.1 Å². The molecular formula is C18H29NO2. The smallest absolute Gasteiger partial charge is 0.308 e. The molecule has 0 spiro atoms. The number of nitrogens with one attached hydrogen (secondary N) is 1. The van der Waals surface area contributed by atoms with E-state index in [4.69, 9.17) is 4.74 Å². The van der Waals surface area contributed by atoms with E-state index in [1.807, 2.05) is 6.92 Å². The molecular weight excluding hydrogens is 262 g/mol. The fourth-order valence-electron chi connectivity index (χ4n) is 2.60. The van der Waals surface area contributed by atoms with Gasteiger partial charge < -0.3 is 10.1 Å². The Hall–Kier alpha value is -1.35. The first-order chi connectivity index (χ1) is 10.1. The quantitative estimate of drug-likeness (QED) is 0.703. The number of carbonyl (C=O) groups excluding carboxylic acids is 1. The average Bonchev–Trinajstić information content (AvgIpc) is 2.52. The van der Waals surface area contributed by atoms with Gasteiger partial charge in [0.15, 0.2) is 0 Å². The minimum absolute atomic E-state index is 0.137. The first-order valence-electron chi connectivity index (χ1n) is 8.11. The van der Waals surface area contributed by atoms with E-state index >= 15 is 0 Å². The number of benzene rings is 1. The minimum atomic E-state index is -0.325. The Morgan fingerprint density at radius 2 is 1.81 bits per heavy atom. The van der Waals surface area contributed by atoms with Crippen molar-refractivity contribution in [1.29, 1.82) is 0 Å². The molecule has 0 radical (unpaired) electrons. The molecule has 0 aliphatic rings. The van der Waals surface area contributed by atoms with Crippen LogP contribution < -0.4 is 5.32 Å². The van der Waals surface area contributed by atoms with Crippen LogP contribution >= 0.6 is 0 Å². The van der Waals surface area contributed by atoms with Gasteiger partial charge in [0.25, 0.3) is 0 Å². The molecule has 118 valence electrons. The molecule has 0 saturated heterocycles. The molecule has 3 nitrogen and oxygen atoms in total. The van der Waals surface area contributed by atoms with Crippen LogP contribution in [0.25, 0.3) is 0 Å². The average molecular weight is 291 g/mol. The fraction of sp³-hybridized carbons (Fsp3) is 0.611. The van der Waals surface area contributed by atoms with Gasteiger partial charge in [0.2, 0.25) is 0 Å². The lowest BCUT2D eigenvalue weighted by molar-refractivity contribution is -0.145. The number of esters is 1. The lowest BCUT2D eigenvalue weighted by atomic mass is 9.83. The van der Waals surface area contributed by atoms with Crippen molar-refractivity contribution in [3.63, 3.8) is 0 Å². The van der Waals surface area contributed by atoms with E-state index in [9.17, 15) is 4.79 Å². The van der Waals surface area contributed by atoms with Crippen molar-refractivity contribution in [2.75, 3.05) is 13.2 Å². The number of hydrogen-bond donors (Lipinski definition) is 1. The molecule has 1 unspecified atom stereocenters. The zero-order valence-electron chi connectivity index (χ0n) is 13.9. The van der Waals surface area contributed by atoms with Gasteiger partial charge in [-0.1, -0.05) is 45.0 Å². The van der Waals surface area contributed by atoms with E-state index < -0.39 is 0 Å². The summed E-state index contributed by atoms with van der Waals surface area (Å²) in [5.41, 5.74) is 2.16. The Balaban J connectivity index is 3.04. The summed E-state index contributed by atoms with van der Waals surface area (Å²) in [5, 5.41) is 3.57. The van der Waals surface area contributed by atoms with Crippen molar-refractivity contribution in [3.8, 4) is 0 Å². The second-order valence-electron chi connectivity index (χ2n) is 5.39. The SMILES string of the molecule is CCCNC(CC)(CC(=O)OCC)c1ccc(CC)cc1. The lowest BCUT2D eigenvalue weighted by Crippen LogP contribution is -2.44. The third kappa shape index (κ3) is 4.85. The molecule has 0 aliphatic carbocycles. The summed E-state index contributed by atoms with van der Waals surface area (Å²) in [6.45, 7) is 9.58. The minimum Gasteiger partial charge on any atom is -0.466 e. The van der Waals surface area contributed by atoms with Crippen LogP contribution in [0.2, 0.25) is 0 Å². The molecule has 0 bridgehead atoms. The molecule has 0 saturated carbocycles. The number of rotatable bonds is 9. The Morgan fingerprint density at radius 1 is 1.14 bits per heavy atom. The van der Waals surface area contributed by atoms with E-state index in [0.717, 1.165) is 25.8 Å². The van der Waals surface area contributed by atoms with Crippen LogP contribution in [-0.4, -0.2) is 19.1 Å². The van der Waals surface area contributed by atoms with E-state index in [-0.39, 0.29) is 11.5 Å². The highest BCUT2D eigenvalue weighted by Crippen LogP contribution is 2.30. The molecule has 0 amide bonds. The van der Waals surface area contributed by atoms with Crippen molar-refractivity contribution in [2.45, 2.75) is 58.9 Å². The molecule has 3 heteroatoms. The highest BCUT2D eigenvalue weighted by atomic mass is 16.5. The van der Waals surface area contributed by atoms with Crippen LogP contribution in [0.4, 0.5) is 0 Å². The molecule has 1 rings (SSSR count). The van der Waals surface area contributed by atoms with Crippen LogP contribution in [0.5, 0.6) is 0 Å². The number of aryl methyl sites for hydroxylation is 1. The standard InChI is InChI=1S/C18H29NO2/c1-5-13-19-18(7-3,14-17(20)21-8-4)16-11-9-15(6-2)10-12-16/h9-12,19H,5-8,13-14H2,1-4H3. The monoisotopic (exact) mass is 291 g/mol. The van der Waals surface area contributed by atoms with Gasteiger partial charge in [-0.05, 0) is 43.9 Å². The second-order valence-corrected chi connectivity index (χ2v) is 5.39. The Morgan fingerprint density at radius 3 is 2.29 bits per heavy atom.